The fourth-order valence-electron chi connectivity index (χ4n) is 2.55. The molecule has 0 aromatic heterocycles. The molecular formula is C18H30. The van der Waals surface area contributed by atoms with E-state index in [0.717, 1.165) is 0 Å². The van der Waals surface area contributed by atoms with Crippen molar-refractivity contribution in [3.05, 3.63) is 34.4 Å². The second kappa shape index (κ2) is 4.72. The van der Waals surface area contributed by atoms with Crippen molar-refractivity contribution in [1.29, 1.82) is 0 Å². The summed E-state index contributed by atoms with van der Waals surface area (Å²) >= 11 is 0. The lowest BCUT2D eigenvalue weighted by atomic mass is 9.76. The molecule has 0 saturated heterocycles. The Balaban J connectivity index is 3.58. The summed E-state index contributed by atoms with van der Waals surface area (Å²) in [7, 11) is 0. The molecule has 0 amide bonds. The lowest BCUT2D eigenvalue weighted by molar-refractivity contribution is 0.562. The molecule has 1 rings (SSSR count). The van der Waals surface area contributed by atoms with E-state index < -0.39 is 0 Å². The van der Waals surface area contributed by atoms with E-state index in [9.17, 15) is 0 Å². The van der Waals surface area contributed by atoms with Gasteiger partial charge in [-0.15, -0.1) is 0 Å². The molecule has 102 valence electrons. The van der Waals surface area contributed by atoms with Gasteiger partial charge in [-0.1, -0.05) is 67.5 Å². The monoisotopic (exact) mass is 246 g/mol. The summed E-state index contributed by atoms with van der Waals surface area (Å²) in [6.07, 6.45) is 0. The van der Waals surface area contributed by atoms with Gasteiger partial charge in [0.1, 0.15) is 0 Å². The molecule has 0 unspecified atom stereocenters. The van der Waals surface area contributed by atoms with E-state index in [0.29, 0.717) is 5.92 Å². The van der Waals surface area contributed by atoms with Gasteiger partial charge in [0.05, 0.1) is 0 Å². The van der Waals surface area contributed by atoms with Gasteiger partial charge in [0.2, 0.25) is 0 Å². The van der Waals surface area contributed by atoms with Crippen molar-refractivity contribution in [2.75, 3.05) is 0 Å². The first-order valence-corrected chi connectivity index (χ1v) is 7.10. The minimum absolute atomic E-state index is 0.217. The molecule has 0 aliphatic heterocycles. The Kier molecular flexibility index (Phi) is 4.00. The van der Waals surface area contributed by atoms with Gasteiger partial charge in [-0.25, -0.2) is 0 Å². The quantitative estimate of drug-likeness (QED) is 0.595. The number of benzene rings is 1. The molecule has 0 fully saturated rings. The van der Waals surface area contributed by atoms with Gasteiger partial charge in [0.15, 0.2) is 0 Å². The normalized spacial score (nSPS) is 13.2. The first-order valence-electron chi connectivity index (χ1n) is 7.10. The van der Waals surface area contributed by atoms with E-state index >= 15 is 0 Å². The van der Waals surface area contributed by atoms with Crippen molar-refractivity contribution >= 4 is 0 Å². The zero-order valence-electron chi connectivity index (χ0n) is 13.7. The highest BCUT2D eigenvalue weighted by Gasteiger charge is 2.23. The van der Waals surface area contributed by atoms with Crippen molar-refractivity contribution in [2.45, 2.75) is 79.1 Å². The average Bonchev–Trinajstić information content (AvgIpc) is 2.13. The van der Waals surface area contributed by atoms with Gasteiger partial charge in [-0.3, -0.25) is 0 Å². The van der Waals surface area contributed by atoms with Gasteiger partial charge in [0, 0.05) is 0 Å². The summed E-state index contributed by atoms with van der Waals surface area (Å²) in [5, 5.41) is 0. The zero-order valence-corrected chi connectivity index (χ0v) is 13.7. The van der Waals surface area contributed by atoms with Crippen LogP contribution in [0.25, 0.3) is 0 Å². The SMILES string of the molecule is Cc1c(C(C)C)cc(C(C)(C)C)cc1C(C)(C)C. The van der Waals surface area contributed by atoms with Crippen LogP contribution in [0.15, 0.2) is 12.1 Å². The maximum atomic E-state index is 2.42. The van der Waals surface area contributed by atoms with Crippen LogP contribution in [0.4, 0.5) is 0 Å². The third-order valence-electron chi connectivity index (χ3n) is 3.74. The highest BCUT2D eigenvalue weighted by atomic mass is 14.3. The van der Waals surface area contributed by atoms with E-state index in [1.165, 1.54) is 22.3 Å². The third kappa shape index (κ3) is 3.16. The van der Waals surface area contributed by atoms with E-state index in [1.807, 2.05) is 0 Å². The predicted molar refractivity (Wildman–Crippen MR) is 82.7 cm³/mol. The first-order chi connectivity index (χ1) is 7.94. The van der Waals surface area contributed by atoms with Crippen LogP contribution < -0.4 is 0 Å². The molecule has 0 aliphatic carbocycles. The van der Waals surface area contributed by atoms with Gasteiger partial charge < -0.3 is 0 Å². The van der Waals surface area contributed by atoms with Crippen LogP contribution in [0.2, 0.25) is 0 Å². The van der Waals surface area contributed by atoms with Gasteiger partial charge >= 0.3 is 0 Å². The molecular weight excluding hydrogens is 216 g/mol. The molecule has 0 saturated carbocycles. The lowest BCUT2D eigenvalue weighted by Crippen LogP contribution is -2.19. The molecule has 0 N–H and O–H groups in total. The molecule has 0 nitrogen and oxygen atoms in total. The van der Waals surface area contributed by atoms with E-state index in [2.05, 4.69) is 74.4 Å². The standard InChI is InChI=1S/C18H30/c1-12(2)15-10-14(17(4,5)6)11-16(13(15)3)18(7,8)9/h10-12H,1-9H3. The van der Waals surface area contributed by atoms with Gasteiger partial charge in [-0.05, 0) is 45.9 Å². The Labute approximate surface area is 114 Å². The Hall–Kier alpha value is -0.780. The summed E-state index contributed by atoms with van der Waals surface area (Å²) < 4.78 is 0. The molecule has 0 aliphatic rings. The van der Waals surface area contributed by atoms with Crippen LogP contribution >= 0.6 is 0 Å². The summed E-state index contributed by atoms with van der Waals surface area (Å²) in [5.41, 5.74) is 6.38. The molecule has 0 heteroatoms. The van der Waals surface area contributed by atoms with Crippen molar-refractivity contribution in [2.24, 2.45) is 0 Å². The topological polar surface area (TPSA) is 0 Å². The van der Waals surface area contributed by atoms with E-state index in [4.69, 9.17) is 0 Å². The Morgan fingerprint density at radius 3 is 1.67 bits per heavy atom. The molecule has 0 bridgehead atoms. The predicted octanol–water partition coefficient (Wildman–Crippen LogP) is 5.71. The van der Waals surface area contributed by atoms with E-state index in [-0.39, 0.29) is 10.8 Å². The van der Waals surface area contributed by atoms with E-state index in [1.54, 1.807) is 0 Å². The van der Waals surface area contributed by atoms with Crippen molar-refractivity contribution in [1.82, 2.24) is 0 Å². The molecule has 1 aromatic rings. The molecule has 0 heterocycles. The maximum Gasteiger partial charge on any atom is -0.0129 e. The first kappa shape index (κ1) is 15.3. The summed E-state index contributed by atoms with van der Waals surface area (Å²) in [4.78, 5) is 0. The summed E-state index contributed by atoms with van der Waals surface area (Å²) in [6.45, 7) is 20.7. The average molecular weight is 246 g/mol. The van der Waals surface area contributed by atoms with Crippen LogP contribution in [0, 0.1) is 6.92 Å². The Morgan fingerprint density at radius 2 is 1.33 bits per heavy atom. The molecule has 0 atom stereocenters. The largest absolute Gasteiger partial charge is 0.0587 e. The van der Waals surface area contributed by atoms with Crippen LogP contribution in [0.3, 0.4) is 0 Å². The van der Waals surface area contributed by atoms with Gasteiger partial charge in [-0.2, -0.15) is 0 Å². The second-order valence-corrected chi connectivity index (χ2v) is 7.89. The lowest BCUT2D eigenvalue weighted by Gasteiger charge is -2.29. The number of rotatable bonds is 1. The minimum atomic E-state index is 0.217. The van der Waals surface area contributed by atoms with Crippen molar-refractivity contribution in [3.8, 4) is 0 Å². The highest BCUT2D eigenvalue weighted by Crippen LogP contribution is 2.35. The third-order valence-corrected chi connectivity index (χ3v) is 3.74. The molecule has 1 aromatic carbocycles. The fourth-order valence-corrected chi connectivity index (χ4v) is 2.55. The number of hydrogen-bond donors (Lipinski definition) is 0. The molecule has 0 spiro atoms. The van der Waals surface area contributed by atoms with Crippen LogP contribution in [0.1, 0.15) is 83.6 Å². The molecule has 0 radical (unpaired) electrons. The van der Waals surface area contributed by atoms with Crippen LogP contribution in [-0.4, -0.2) is 0 Å². The molecule has 18 heavy (non-hydrogen) atoms. The fraction of sp³-hybridized carbons (Fsp3) is 0.667. The summed E-state index contributed by atoms with van der Waals surface area (Å²) in [5.74, 6) is 0.591. The van der Waals surface area contributed by atoms with Gasteiger partial charge in [0.25, 0.3) is 0 Å². The van der Waals surface area contributed by atoms with Crippen molar-refractivity contribution in [3.63, 3.8) is 0 Å². The highest BCUT2D eigenvalue weighted by molar-refractivity contribution is 5.45. The van der Waals surface area contributed by atoms with Crippen LogP contribution in [-0.2, 0) is 10.8 Å². The minimum Gasteiger partial charge on any atom is -0.0587 e. The van der Waals surface area contributed by atoms with Crippen molar-refractivity contribution < 1.29 is 0 Å². The zero-order chi connectivity index (χ0) is 14.3. The maximum absolute atomic E-state index is 2.42. The number of hydrogen-bond acceptors (Lipinski definition) is 0. The summed E-state index contributed by atoms with van der Waals surface area (Å²) in [6, 6.07) is 4.83. The second-order valence-electron chi connectivity index (χ2n) is 7.89. The smallest absolute Gasteiger partial charge is 0.0129 e. The Morgan fingerprint density at radius 1 is 0.833 bits per heavy atom. The van der Waals surface area contributed by atoms with Crippen LogP contribution in [0.5, 0.6) is 0 Å². The Bertz CT molecular complexity index is 423.